The number of nitrogens with zero attached hydrogens (tertiary/aromatic N) is 3. The number of nitro groups is 1. The summed E-state index contributed by atoms with van der Waals surface area (Å²) in [4.78, 5) is 19.6. The van der Waals surface area contributed by atoms with E-state index in [2.05, 4.69) is 5.10 Å². The van der Waals surface area contributed by atoms with Gasteiger partial charge in [0.15, 0.2) is 0 Å². The van der Waals surface area contributed by atoms with E-state index in [4.69, 9.17) is 5.11 Å². The maximum Gasteiger partial charge on any atom is 0.442 e. The number of rotatable bonds is 3. The normalized spacial score (nSPS) is 13.4. The first-order valence-corrected chi connectivity index (χ1v) is 4.18. The molecule has 17 heavy (non-hydrogen) atoms. The topological polar surface area (TPSA) is 98.3 Å². The molecular formula is C7H6F3N3O4. The minimum atomic E-state index is -5.01. The predicted molar refractivity (Wildman–Crippen MR) is 46.2 cm³/mol. The van der Waals surface area contributed by atoms with Gasteiger partial charge in [0, 0.05) is 0 Å². The molecule has 0 fully saturated rings. The van der Waals surface area contributed by atoms with Crippen LogP contribution in [0.15, 0.2) is 6.20 Å². The summed E-state index contributed by atoms with van der Waals surface area (Å²) in [5.74, 6) is -1.45. The van der Waals surface area contributed by atoms with Crippen LogP contribution < -0.4 is 0 Å². The number of halogens is 3. The summed E-state index contributed by atoms with van der Waals surface area (Å²) in [7, 11) is 0. The Balaban J connectivity index is 3.32. The number of hydrogen-bond acceptors (Lipinski definition) is 4. The first-order valence-electron chi connectivity index (χ1n) is 4.18. The zero-order valence-electron chi connectivity index (χ0n) is 8.30. The monoisotopic (exact) mass is 253 g/mol. The molecule has 0 aliphatic carbocycles. The third-order valence-corrected chi connectivity index (χ3v) is 1.93. The molecule has 1 N–H and O–H groups in total. The Morgan fingerprint density at radius 2 is 2.18 bits per heavy atom. The van der Waals surface area contributed by atoms with Crippen molar-refractivity contribution >= 4 is 11.7 Å². The molecule has 0 spiro atoms. The van der Waals surface area contributed by atoms with E-state index >= 15 is 0 Å². The van der Waals surface area contributed by atoms with E-state index in [1.807, 2.05) is 0 Å². The van der Waals surface area contributed by atoms with Crippen molar-refractivity contribution in [3.05, 3.63) is 22.0 Å². The van der Waals surface area contributed by atoms with Gasteiger partial charge in [0.2, 0.25) is 5.69 Å². The number of carbonyl (C=O) groups is 1. The number of alkyl halides is 3. The first kappa shape index (κ1) is 12.9. The molecule has 0 aliphatic rings. The number of aromatic nitrogens is 2. The van der Waals surface area contributed by atoms with Crippen LogP contribution in [-0.4, -0.2) is 25.8 Å². The molecule has 0 radical (unpaired) electrons. The summed E-state index contributed by atoms with van der Waals surface area (Å²) in [6.45, 7) is 1.05. The minimum Gasteiger partial charge on any atom is -0.480 e. The lowest BCUT2D eigenvalue weighted by Gasteiger charge is -2.05. The molecule has 0 amide bonds. The fourth-order valence-corrected chi connectivity index (χ4v) is 1.03. The van der Waals surface area contributed by atoms with Gasteiger partial charge >= 0.3 is 17.8 Å². The number of carboxylic acids is 1. The molecule has 1 atom stereocenters. The highest BCUT2D eigenvalue weighted by molar-refractivity contribution is 5.71. The van der Waals surface area contributed by atoms with Crippen LogP contribution in [0.25, 0.3) is 0 Å². The SMILES string of the molecule is C[C@@H](C(=O)O)n1cc([N+](=O)[O-])c(C(F)(F)F)n1. The van der Waals surface area contributed by atoms with Crippen molar-refractivity contribution < 1.29 is 28.0 Å². The van der Waals surface area contributed by atoms with E-state index in [9.17, 15) is 28.1 Å². The van der Waals surface area contributed by atoms with Crippen LogP contribution in [0.5, 0.6) is 0 Å². The summed E-state index contributed by atoms with van der Waals surface area (Å²) in [6, 6.07) is -1.43. The second-order valence-electron chi connectivity index (χ2n) is 3.11. The zero-order chi connectivity index (χ0) is 13.4. The van der Waals surface area contributed by atoms with Crippen LogP contribution in [-0.2, 0) is 11.0 Å². The van der Waals surface area contributed by atoms with E-state index < -0.39 is 34.5 Å². The van der Waals surface area contributed by atoms with Gasteiger partial charge in [-0.2, -0.15) is 18.3 Å². The van der Waals surface area contributed by atoms with Gasteiger partial charge in [0.05, 0.1) is 4.92 Å². The summed E-state index contributed by atoms with van der Waals surface area (Å²) in [6.07, 6.45) is -4.56. The molecule has 0 saturated carbocycles. The average molecular weight is 253 g/mol. The minimum absolute atomic E-state index is 0.392. The summed E-state index contributed by atoms with van der Waals surface area (Å²) in [5, 5.41) is 21.8. The van der Waals surface area contributed by atoms with Gasteiger partial charge in [-0.05, 0) is 6.92 Å². The van der Waals surface area contributed by atoms with Crippen molar-refractivity contribution in [3.63, 3.8) is 0 Å². The fourth-order valence-electron chi connectivity index (χ4n) is 1.03. The molecule has 0 aliphatic heterocycles. The Labute approximate surface area is 91.6 Å². The van der Waals surface area contributed by atoms with E-state index in [1.165, 1.54) is 0 Å². The van der Waals surface area contributed by atoms with Gasteiger partial charge in [0.25, 0.3) is 0 Å². The number of aliphatic carboxylic acids is 1. The molecule has 10 heteroatoms. The molecule has 1 heterocycles. The maximum absolute atomic E-state index is 12.4. The van der Waals surface area contributed by atoms with Crippen molar-refractivity contribution in [2.75, 3.05) is 0 Å². The van der Waals surface area contributed by atoms with Crippen molar-refractivity contribution in [2.24, 2.45) is 0 Å². The Morgan fingerprint density at radius 1 is 1.65 bits per heavy atom. The number of hydrogen-bond donors (Lipinski definition) is 1. The third-order valence-electron chi connectivity index (χ3n) is 1.93. The van der Waals surface area contributed by atoms with Gasteiger partial charge in [0.1, 0.15) is 12.2 Å². The largest absolute Gasteiger partial charge is 0.480 e. The highest BCUT2D eigenvalue weighted by atomic mass is 19.4. The third kappa shape index (κ3) is 2.52. The Bertz CT molecular complexity index is 467. The van der Waals surface area contributed by atoms with Crippen LogP contribution in [0.1, 0.15) is 18.7 Å². The standard InChI is InChI=1S/C7H6F3N3O4/c1-3(6(14)15)12-2-4(13(16)17)5(11-12)7(8,9)10/h2-3H,1H3,(H,14,15)/t3-/m0/s1. The van der Waals surface area contributed by atoms with Crippen molar-refractivity contribution in [3.8, 4) is 0 Å². The van der Waals surface area contributed by atoms with Crippen molar-refractivity contribution in [1.29, 1.82) is 0 Å². The quantitative estimate of drug-likeness (QED) is 0.649. The second-order valence-corrected chi connectivity index (χ2v) is 3.11. The summed E-state index contributed by atoms with van der Waals surface area (Å²) in [5.41, 5.74) is -2.98. The highest BCUT2D eigenvalue weighted by Crippen LogP contribution is 2.35. The molecule has 0 saturated heterocycles. The summed E-state index contributed by atoms with van der Waals surface area (Å²) >= 11 is 0. The first-order chi connectivity index (χ1) is 7.64. The van der Waals surface area contributed by atoms with Gasteiger partial charge in [-0.15, -0.1) is 0 Å². The fraction of sp³-hybridized carbons (Fsp3) is 0.429. The van der Waals surface area contributed by atoms with Crippen molar-refractivity contribution in [1.82, 2.24) is 9.78 Å². The van der Waals surface area contributed by atoms with Gasteiger partial charge in [-0.3, -0.25) is 14.8 Å². The smallest absolute Gasteiger partial charge is 0.442 e. The molecule has 94 valence electrons. The van der Waals surface area contributed by atoms with Gasteiger partial charge < -0.3 is 5.11 Å². The van der Waals surface area contributed by atoms with Crippen LogP contribution in [0.4, 0.5) is 18.9 Å². The molecule has 0 unspecified atom stereocenters. The zero-order valence-corrected chi connectivity index (χ0v) is 8.30. The molecule has 7 nitrogen and oxygen atoms in total. The lowest BCUT2D eigenvalue weighted by atomic mass is 10.3. The predicted octanol–water partition coefficient (Wildman–Crippen LogP) is 1.46. The van der Waals surface area contributed by atoms with Crippen molar-refractivity contribution in [2.45, 2.75) is 19.1 Å². The average Bonchev–Trinajstić information content (AvgIpc) is 2.59. The molecule has 1 rings (SSSR count). The second kappa shape index (κ2) is 4.03. The highest BCUT2D eigenvalue weighted by Gasteiger charge is 2.43. The molecule has 0 aromatic carbocycles. The van der Waals surface area contributed by atoms with Crippen LogP contribution in [0.2, 0.25) is 0 Å². The lowest BCUT2D eigenvalue weighted by molar-refractivity contribution is -0.388. The molecular weight excluding hydrogens is 247 g/mol. The lowest BCUT2D eigenvalue weighted by Crippen LogP contribution is -2.17. The molecule has 1 aromatic heterocycles. The Hall–Kier alpha value is -2.13. The van der Waals surface area contributed by atoms with Gasteiger partial charge in [-0.1, -0.05) is 0 Å². The van der Waals surface area contributed by atoms with E-state index in [-0.39, 0.29) is 0 Å². The van der Waals surface area contributed by atoms with Crippen LogP contribution in [0, 0.1) is 10.1 Å². The van der Waals surface area contributed by atoms with Crippen LogP contribution >= 0.6 is 0 Å². The Morgan fingerprint density at radius 3 is 2.47 bits per heavy atom. The summed E-state index contributed by atoms with van der Waals surface area (Å²) < 4.78 is 37.5. The van der Waals surface area contributed by atoms with E-state index in [0.29, 0.717) is 10.9 Å². The van der Waals surface area contributed by atoms with E-state index in [1.54, 1.807) is 0 Å². The maximum atomic E-state index is 12.4. The Kier molecular flexibility index (Phi) is 3.07. The number of carboxylic acid groups (broad SMARTS) is 1. The van der Waals surface area contributed by atoms with Crippen LogP contribution in [0.3, 0.4) is 0 Å². The van der Waals surface area contributed by atoms with Gasteiger partial charge in [-0.25, -0.2) is 4.79 Å². The molecule has 1 aromatic rings. The molecule has 0 bridgehead atoms. The van der Waals surface area contributed by atoms with E-state index in [0.717, 1.165) is 6.92 Å².